The summed E-state index contributed by atoms with van der Waals surface area (Å²) in [5, 5.41) is 9.78. The second kappa shape index (κ2) is 5.90. The fourth-order valence-electron chi connectivity index (χ4n) is 3.51. The van der Waals surface area contributed by atoms with E-state index < -0.39 is 0 Å². The van der Waals surface area contributed by atoms with Crippen molar-refractivity contribution in [1.29, 1.82) is 0 Å². The molecule has 2 aromatic carbocycles. The first-order valence-electron chi connectivity index (χ1n) is 8.21. The van der Waals surface area contributed by atoms with Crippen LogP contribution in [-0.4, -0.2) is 10.7 Å². The molecule has 5 rings (SSSR count). The number of thiophene rings is 1. The van der Waals surface area contributed by atoms with Crippen molar-refractivity contribution in [3.8, 4) is 5.75 Å². The quantitative estimate of drug-likeness (QED) is 0.586. The van der Waals surface area contributed by atoms with E-state index in [1.54, 1.807) is 11.3 Å². The van der Waals surface area contributed by atoms with Gasteiger partial charge in [-0.15, -0.1) is 11.3 Å². The van der Waals surface area contributed by atoms with Crippen LogP contribution in [0, 0.1) is 0 Å². The van der Waals surface area contributed by atoms with E-state index in [1.807, 2.05) is 36.4 Å². The van der Waals surface area contributed by atoms with Crippen molar-refractivity contribution < 1.29 is 4.74 Å². The summed E-state index contributed by atoms with van der Waals surface area (Å²) in [6.45, 7) is 0. The van der Waals surface area contributed by atoms with Gasteiger partial charge in [-0.2, -0.15) is 5.10 Å². The zero-order valence-corrected chi connectivity index (χ0v) is 14.9. The highest BCUT2D eigenvalue weighted by Gasteiger charge is 2.41. The van der Waals surface area contributed by atoms with Crippen molar-refractivity contribution in [2.75, 3.05) is 0 Å². The van der Waals surface area contributed by atoms with E-state index in [1.165, 1.54) is 10.4 Å². The largest absolute Gasteiger partial charge is 0.464 e. The highest BCUT2D eigenvalue weighted by Crippen LogP contribution is 2.48. The Labute approximate surface area is 155 Å². The van der Waals surface area contributed by atoms with E-state index in [-0.39, 0.29) is 12.3 Å². The van der Waals surface area contributed by atoms with E-state index in [9.17, 15) is 0 Å². The van der Waals surface area contributed by atoms with Gasteiger partial charge in [-0.05, 0) is 23.6 Å². The van der Waals surface area contributed by atoms with Crippen molar-refractivity contribution in [3.05, 3.63) is 87.1 Å². The van der Waals surface area contributed by atoms with Crippen molar-refractivity contribution in [2.24, 2.45) is 5.10 Å². The molecule has 124 valence electrons. The highest BCUT2D eigenvalue weighted by molar-refractivity contribution is 7.12. The third kappa shape index (κ3) is 2.44. The average molecular weight is 367 g/mol. The molecule has 25 heavy (non-hydrogen) atoms. The molecule has 0 saturated heterocycles. The third-order valence-electron chi connectivity index (χ3n) is 4.68. The lowest BCUT2D eigenvalue weighted by Gasteiger charge is -2.38. The van der Waals surface area contributed by atoms with Gasteiger partial charge in [-0.1, -0.05) is 54.1 Å². The maximum atomic E-state index is 6.46. The Hall–Kier alpha value is -2.30. The number of hydrogen-bond donors (Lipinski definition) is 0. The number of benzene rings is 2. The maximum absolute atomic E-state index is 6.46. The first-order valence-corrected chi connectivity index (χ1v) is 9.47. The van der Waals surface area contributed by atoms with Gasteiger partial charge in [-0.25, -0.2) is 5.01 Å². The van der Waals surface area contributed by atoms with Gasteiger partial charge in [0.05, 0.1) is 16.6 Å². The molecule has 0 fully saturated rings. The summed E-state index contributed by atoms with van der Waals surface area (Å²) in [7, 11) is 0. The molecule has 3 heterocycles. The van der Waals surface area contributed by atoms with Crippen molar-refractivity contribution in [2.45, 2.75) is 18.7 Å². The van der Waals surface area contributed by atoms with Gasteiger partial charge in [0.2, 0.25) is 6.23 Å². The van der Waals surface area contributed by atoms with Crippen LogP contribution in [-0.2, 0) is 0 Å². The van der Waals surface area contributed by atoms with Gasteiger partial charge >= 0.3 is 0 Å². The predicted molar refractivity (Wildman–Crippen MR) is 101 cm³/mol. The minimum Gasteiger partial charge on any atom is -0.464 e. The Bertz CT molecular complexity index is 954. The summed E-state index contributed by atoms with van der Waals surface area (Å²) in [6, 6.07) is 20.4. The molecule has 0 spiro atoms. The van der Waals surface area contributed by atoms with Crippen molar-refractivity contribution in [1.82, 2.24) is 5.01 Å². The normalized spacial score (nSPS) is 21.3. The van der Waals surface area contributed by atoms with Crippen LogP contribution >= 0.6 is 22.9 Å². The van der Waals surface area contributed by atoms with E-state index in [2.05, 4.69) is 34.7 Å². The van der Waals surface area contributed by atoms with Gasteiger partial charge in [0, 0.05) is 22.6 Å². The van der Waals surface area contributed by atoms with E-state index in [0.717, 1.165) is 23.4 Å². The zero-order valence-electron chi connectivity index (χ0n) is 13.3. The molecule has 2 unspecified atom stereocenters. The second-order valence-electron chi connectivity index (χ2n) is 6.15. The molecular formula is C20H15ClN2OS. The lowest BCUT2D eigenvalue weighted by molar-refractivity contribution is -0.0189. The minimum atomic E-state index is -0.314. The first-order chi connectivity index (χ1) is 12.3. The van der Waals surface area contributed by atoms with Crippen LogP contribution in [0.15, 0.2) is 71.1 Å². The summed E-state index contributed by atoms with van der Waals surface area (Å²) < 4.78 is 6.32. The lowest BCUT2D eigenvalue weighted by Crippen LogP contribution is -2.33. The summed E-state index contributed by atoms with van der Waals surface area (Å²) in [6.07, 6.45) is 0.563. The fourth-order valence-corrected chi connectivity index (χ4v) is 4.46. The molecular weight excluding hydrogens is 352 g/mol. The Balaban J connectivity index is 1.63. The summed E-state index contributed by atoms with van der Waals surface area (Å²) >= 11 is 8.18. The predicted octanol–water partition coefficient (Wildman–Crippen LogP) is 5.64. The van der Waals surface area contributed by atoms with E-state index >= 15 is 0 Å². The number of hydrogen-bond acceptors (Lipinski definition) is 4. The van der Waals surface area contributed by atoms with E-state index in [0.29, 0.717) is 5.02 Å². The molecule has 0 N–H and O–H groups in total. The topological polar surface area (TPSA) is 24.8 Å². The maximum Gasteiger partial charge on any atom is 0.215 e. The Morgan fingerprint density at radius 3 is 2.60 bits per heavy atom. The molecule has 0 saturated carbocycles. The SMILES string of the molecule is Clc1ccccc1C1Oc2ccccc2C2CC(c3cccs3)=NN21. The van der Waals surface area contributed by atoms with Crippen LogP contribution in [0.4, 0.5) is 0 Å². The number of fused-ring (bicyclic) bond motifs is 3. The van der Waals surface area contributed by atoms with Crippen molar-refractivity contribution in [3.63, 3.8) is 0 Å². The Kier molecular flexibility index (Phi) is 3.54. The number of rotatable bonds is 2. The monoisotopic (exact) mass is 366 g/mol. The number of halogens is 1. The number of nitrogens with zero attached hydrogens (tertiary/aromatic N) is 2. The molecule has 2 atom stereocenters. The highest BCUT2D eigenvalue weighted by atomic mass is 35.5. The molecule has 1 aromatic heterocycles. The molecule has 0 radical (unpaired) electrons. The van der Waals surface area contributed by atoms with Gasteiger partial charge < -0.3 is 4.74 Å². The van der Waals surface area contributed by atoms with E-state index in [4.69, 9.17) is 21.4 Å². The minimum absolute atomic E-state index is 0.170. The molecule has 0 bridgehead atoms. The van der Waals surface area contributed by atoms with Crippen LogP contribution in [0.25, 0.3) is 0 Å². The van der Waals surface area contributed by atoms with Gasteiger partial charge in [0.1, 0.15) is 5.75 Å². The molecule has 3 nitrogen and oxygen atoms in total. The lowest BCUT2D eigenvalue weighted by atomic mass is 9.98. The molecule has 5 heteroatoms. The van der Waals surface area contributed by atoms with Crippen LogP contribution < -0.4 is 4.74 Å². The average Bonchev–Trinajstić information content (AvgIpc) is 3.31. The summed E-state index contributed by atoms with van der Waals surface area (Å²) in [5.74, 6) is 0.913. The molecule has 2 aliphatic heterocycles. The first kappa shape index (κ1) is 15.0. The second-order valence-corrected chi connectivity index (χ2v) is 7.51. The summed E-state index contributed by atoms with van der Waals surface area (Å²) in [4.78, 5) is 1.21. The third-order valence-corrected chi connectivity index (χ3v) is 5.94. The molecule has 0 amide bonds. The van der Waals surface area contributed by atoms with Crippen LogP contribution in [0.3, 0.4) is 0 Å². The number of para-hydroxylation sites is 1. The number of ether oxygens (including phenoxy) is 1. The molecule has 3 aromatic rings. The standard InChI is InChI=1S/C20H15ClN2OS/c21-15-8-3-1-6-13(15)20-23-17(14-7-2-4-9-18(14)24-20)12-16(22-23)19-10-5-11-25-19/h1-11,17,20H,12H2. The van der Waals surface area contributed by atoms with Crippen LogP contribution in [0.1, 0.15) is 34.7 Å². The van der Waals surface area contributed by atoms with Crippen LogP contribution in [0.5, 0.6) is 5.75 Å². The molecule has 0 aliphatic carbocycles. The summed E-state index contributed by atoms with van der Waals surface area (Å²) in [5.41, 5.74) is 3.23. The van der Waals surface area contributed by atoms with Crippen LogP contribution in [0.2, 0.25) is 5.02 Å². The Morgan fingerprint density at radius 2 is 1.80 bits per heavy atom. The van der Waals surface area contributed by atoms with Gasteiger partial charge in [-0.3, -0.25) is 0 Å². The van der Waals surface area contributed by atoms with Gasteiger partial charge in [0.15, 0.2) is 0 Å². The van der Waals surface area contributed by atoms with Gasteiger partial charge in [0.25, 0.3) is 0 Å². The molecule has 2 aliphatic rings. The van der Waals surface area contributed by atoms with Crippen molar-refractivity contribution >= 4 is 28.6 Å². The Morgan fingerprint density at radius 1 is 1.00 bits per heavy atom. The smallest absolute Gasteiger partial charge is 0.215 e. The fraction of sp³-hybridized carbons (Fsp3) is 0.150. The zero-order chi connectivity index (χ0) is 16.8. The number of hydrazone groups is 1.